The molecule has 164 valence electrons. The second-order valence-electron chi connectivity index (χ2n) is 7.61. The fourth-order valence-corrected chi connectivity index (χ4v) is 6.42. The van der Waals surface area contributed by atoms with Gasteiger partial charge >= 0.3 is 0 Å². The number of likely N-dealkylation sites (tertiary alicyclic amines) is 1. The molecular weight excluding hydrogens is 444 g/mol. The highest BCUT2D eigenvalue weighted by molar-refractivity contribution is 7.93. The summed E-state index contributed by atoms with van der Waals surface area (Å²) in [6, 6.07) is 4.76. The summed E-state index contributed by atoms with van der Waals surface area (Å²) >= 11 is 0.796. The Balaban J connectivity index is 1.43. The molecule has 12 heteroatoms. The number of amides is 2. The Morgan fingerprint density at radius 2 is 1.90 bits per heavy atom. The average molecular weight is 465 g/mol. The van der Waals surface area contributed by atoms with Gasteiger partial charge in [0.05, 0.1) is 21.9 Å². The molecule has 2 amide bonds. The smallest absolute Gasteiger partial charge is 0.269 e. The van der Waals surface area contributed by atoms with Gasteiger partial charge in [-0.2, -0.15) is 0 Å². The average Bonchev–Trinajstić information content (AvgIpc) is 3.48. The minimum atomic E-state index is -3.92. The topological polar surface area (TPSA) is 140 Å². The van der Waals surface area contributed by atoms with E-state index in [9.17, 15) is 28.1 Å². The zero-order chi connectivity index (χ0) is 22.2. The number of nitrogens with zero attached hydrogens (tertiary/aromatic N) is 3. The van der Waals surface area contributed by atoms with Gasteiger partial charge in [-0.25, -0.2) is 13.4 Å². The predicted octanol–water partition coefficient (Wildman–Crippen LogP) is 2.61. The number of thiazole rings is 1. The normalized spacial score (nSPS) is 19.7. The van der Waals surface area contributed by atoms with E-state index in [-0.39, 0.29) is 44.2 Å². The molecule has 1 aliphatic heterocycles. The number of non-ortho nitro benzene ring substituents is 1. The number of sulfone groups is 1. The van der Waals surface area contributed by atoms with Gasteiger partial charge in [0.25, 0.3) is 5.69 Å². The van der Waals surface area contributed by atoms with Crippen molar-refractivity contribution in [3.63, 3.8) is 0 Å². The Labute approximate surface area is 182 Å². The number of nitrogens with one attached hydrogen (secondary N) is 1. The number of rotatable bonds is 6. The zero-order valence-corrected chi connectivity index (χ0v) is 18.0. The molecule has 1 saturated carbocycles. The molecule has 31 heavy (non-hydrogen) atoms. The Bertz CT molecular complexity index is 1120. The molecule has 1 aromatic heterocycles. The first-order chi connectivity index (χ1) is 14.8. The first-order valence-electron chi connectivity index (χ1n) is 9.81. The fraction of sp³-hybridized carbons (Fsp3) is 0.421. The van der Waals surface area contributed by atoms with Crippen LogP contribution in [0.1, 0.15) is 32.1 Å². The number of benzene rings is 1. The third kappa shape index (κ3) is 4.30. The van der Waals surface area contributed by atoms with E-state index in [0.29, 0.717) is 6.54 Å². The van der Waals surface area contributed by atoms with Crippen LogP contribution in [-0.4, -0.2) is 47.6 Å². The third-order valence-electron chi connectivity index (χ3n) is 5.63. The molecule has 1 atom stereocenters. The Morgan fingerprint density at radius 3 is 2.55 bits per heavy atom. The SMILES string of the molecule is O=C(Nc1ncc(S(=O)(=O)c2ccc([N+](=O)[O-])cc2)s1)C1CC(=O)N(C2CCCC2)C1. The van der Waals surface area contributed by atoms with Crippen LogP contribution < -0.4 is 5.32 Å². The van der Waals surface area contributed by atoms with Crippen LogP contribution in [0.4, 0.5) is 10.8 Å². The molecule has 0 bridgehead atoms. The molecule has 1 saturated heterocycles. The number of anilines is 1. The van der Waals surface area contributed by atoms with Crippen LogP contribution in [0.25, 0.3) is 0 Å². The van der Waals surface area contributed by atoms with Crippen molar-refractivity contribution in [2.45, 2.75) is 47.3 Å². The van der Waals surface area contributed by atoms with E-state index in [0.717, 1.165) is 67.5 Å². The number of hydrogen-bond acceptors (Lipinski definition) is 8. The molecule has 2 aliphatic rings. The van der Waals surface area contributed by atoms with Gasteiger partial charge in [-0.15, -0.1) is 0 Å². The van der Waals surface area contributed by atoms with Crippen molar-refractivity contribution in [1.29, 1.82) is 0 Å². The van der Waals surface area contributed by atoms with Crippen LogP contribution in [0.2, 0.25) is 0 Å². The molecule has 2 heterocycles. The van der Waals surface area contributed by atoms with E-state index >= 15 is 0 Å². The molecule has 0 spiro atoms. The number of carbonyl (C=O) groups excluding carboxylic acids is 2. The first-order valence-corrected chi connectivity index (χ1v) is 12.1. The molecule has 4 rings (SSSR count). The zero-order valence-electron chi connectivity index (χ0n) is 16.4. The summed E-state index contributed by atoms with van der Waals surface area (Å²) < 4.78 is 25.4. The highest BCUT2D eigenvalue weighted by Gasteiger charge is 2.39. The van der Waals surface area contributed by atoms with Crippen LogP contribution in [0.5, 0.6) is 0 Å². The van der Waals surface area contributed by atoms with Crippen molar-refractivity contribution in [2.75, 3.05) is 11.9 Å². The predicted molar refractivity (Wildman–Crippen MR) is 111 cm³/mol. The largest absolute Gasteiger partial charge is 0.339 e. The summed E-state index contributed by atoms with van der Waals surface area (Å²) in [7, 11) is -3.92. The number of aromatic nitrogens is 1. The first kappa shape index (κ1) is 21.4. The van der Waals surface area contributed by atoms with Crippen molar-refractivity contribution in [3.05, 3.63) is 40.6 Å². The molecule has 0 radical (unpaired) electrons. The highest BCUT2D eigenvalue weighted by Crippen LogP contribution is 2.32. The number of carbonyl (C=O) groups is 2. The Morgan fingerprint density at radius 1 is 1.23 bits per heavy atom. The maximum atomic E-state index is 12.7. The minimum absolute atomic E-state index is 0.0207. The molecule has 2 aromatic rings. The van der Waals surface area contributed by atoms with Crippen LogP contribution in [-0.2, 0) is 19.4 Å². The van der Waals surface area contributed by atoms with Gasteiger partial charge in [0.2, 0.25) is 21.7 Å². The maximum Gasteiger partial charge on any atom is 0.269 e. The lowest BCUT2D eigenvalue weighted by Crippen LogP contribution is -2.35. The molecule has 1 aromatic carbocycles. The third-order valence-corrected chi connectivity index (χ3v) is 8.78. The fourth-order valence-electron chi connectivity index (χ4n) is 3.99. The van der Waals surface area contributed by atoms with Gasteiger partial charge in [0.15, 0.2) is 5.13 Å². The lowest BCUT2D eigenvalue weighted by molar-refractivity contribution is -0.384. The molecule has 1 N–H and O–H groups in total. The quantitative estimate of drug-likeness (QED) is 0.512. The molecule has 1 unspecified atom stereocenters. The lowest BCUT2D eigenvalue weighted by atomic mass is 10.1. The van der Waals surface area contributed by atoms with Crippen molar-refractivity contribution >= 4 is 43.8 Å². The van der Waals surface area contributed by atoms with Gasteiger partial charge in [0, 0.05) is 31.1 Å². The molecule has 2 fully saturated rings. The summed E-state index contributed by atoms with van der Waals surface area (Å²) in [5.41, 5.74) is -0.214. The van der Waals surface area contributed by atoms with Gasteiger partial charge in [-0.3, -0.25) is 19.7 Å². The van der Waals surface area contributed by atoms with E-state index in [1.165, 1.54) is 0 Å². The highest BCUT2D eigenvalue weighted by atomic mass is 32.2. The number of nitro groups is 1. The maximum absolute atomic E-state index is 12.7. The van der Waals surface area contributed by atoms with Crippen LogP contribution in [0, 0.1) is 16.0 Å². The number of nitro benzene ring substituents is 1. The summed E-state index contributed by atoms with van der Waals surface area (Å²) in [6.45, 7) is 0.370. The van der Waals surface area contributed by atoms with Crippen LogP contribution in [0.15, 0.2) is 39.6 Å². The van der Waals surface area contributed by atoms with Crippen molar-refractivity contribution in [1.82, 2.24) is 9.88 Å². The van der Waals surface area contributed by atoms with Crippen molar-refractivity contribution in [3.8, 4) is 0 Å². The standard InChI is InChI=1S/C19H20N4O6S2/c24-16-9-12(11-22(16)13-3-1-2-4-13)18(25)21-19-20-10-17(30-19)31(28,29)15-7-5-14(6-8-15)23(26)27/h5-8,10,12-13H,1-4,9,11H2,(H,20,21,25). The lowest BCUT2D eigenvalue weighted by Gasteiger charge is -2.23. The van der Waals surface area contributed by atoms with Crippen LogP contribution >= 0.6 is 11.3 Å². The summed E-state index contributed by atoms with van der Waals surface area (Å²) in [6.07, 6.45) is 5.41. The monoisotopic (exact) mass is 464 g/mol. The van der Waals surface area contributed by atoms with Gasteiger partial charge in [0.1, 0.15) is 4.21 Å². The van der Waals surface area contributed by atoms with E-state index < -0.39 is 20.7 Å². The summed E-state index contributed by atoms with van der Waals surface area (Å²) in [5.74, 6) is -0.873. The van der Waals surface area contributed by atoms with Crippen molar-refractivity contribution in [2.24, 2.45) is 5.92 Å². The molecule has 1 aliphatic carbocycles. The Kier molecular flexibility index (Phi) is 5.75. The van der Waals surface area contributed by atoms with Gasteiger partial charge < -0.3 is 10.2 Å². The van der Waals surface area contributed by atoms with Crippen molar-refractivity contribution < 1.29 is 22.9 Å². The van der Waals surface area contributed by atoms with Gasteiger partial charge in [-0.1, -0.05) is 24.2 Å². The minimum Gasteiger partial charge on any atom is -0.339 e. The van der Waals surface area contributed by atoms with E-state index in [1.54, 1.807) is 4.90 Å². The summed E-state index contributed by atoms with van der Waals surface area (Å²) in [4.78, 5) is 40.7. The van der Waals surface area contributed by atoms with E-state index in [1.807, 2.05) is 0 Å². The molecular formula is C19H20N4O6S2. The van der Waals surface area contributed by atoms with E-state index in [2.05, 4.69) is 10.3 Å². The second-order valence-corrected chi connectivity index (χ2v) is 10.8. The number of hydrogen-bond donors (Lipinski definition) is 1. The second kappa shape index (κ2) is 8.35. The molecule has 10 nitrogen and oxygen atoms in total. The van der Waals surface area contributed by atoms with Crippen LogP contribution in [0.3, 0.4) is 0 Å². The summed E-state index contributed by atoms with van der Waals surface area (Å²) in [5, 5.41) is 13.5. The van der Waals surface area contributed by atoms with Gasteiger partial charge in [-0.05, 0) is 25.0 Å². The Hall–Kier alpha value is -2.86. The van der Waals surface area contributed by atoms with E-state index in [4.69, 9.17) is 0 Å².